The Labute approximate surface area is 148 Å². The van der Waals surface area contributed by atoms with Gasteiger partial charge in [0.1, 0.15) is 0 Å². The minimum atomic E-state index is -1.65. The summed E-state index contributed by atoms with van der Waals surface area (Å²) in [7, 11) is -3.30. The van der Waals surface area contributed by atoms with Crippen LogP contribution in [-0.2, 0) is 0 Å². The van der Waals surface area contributed by atoms with Crippen molar-refractivity contribution in [1.82, 2.24) is 0 Å². The molecule has 0 amide bonds. The molecule has 0 aliphatic rings. The van der Waals surface area contributed by atoms with Crippen LogP contribution in [0.25, 0.3) is 0 Å². The molecule has 0 bridgehead atoms. The SMILES string of the molecule is C[Si](C)(C)/N=C(/C(=N/[Si](C)(C)C)c1ccccc1)c1ccccc1. The molecule has 0 saturated carbocycles. The highest BCUT2D eigenvalue weighted by atomic mass is 28.3. The largest absolute Gasteiger partial charge is 0.319 e. The maximum atomic E-state index is 5.19. The molecule has 2 aromatic rings. The second-order valence-electron chi connectivity index (χ2n) is 7.99. The molecule has 0 radical (unpaired) electrons. The smallest absolute Gasteiger partial charge is 0.173 e. The van der Waals surface area contributed by atoms with Gasteiger partial charge in [0.15, 0.2) is 16.5 Å². The van der Waals surface area contributed by atoms with Crippen molar-refractivity contribution >= 4 is 27.9 Å². The minimum absolute atomic E-state index is 1.04. The van der Waals surface area contributed by atoms with Crippen molar-refractivity contribution in [2.24, 2.45) is 9.32 Å². The first kappa shape index (κ1) is 18.6. The van der Waals surface area contributed by atoms with E-state index in [1.165, 1.54) is 0 Å². The second-order valence-corrected chi connectivity index (χ2v) is 17.1. The first-order valence-corrected chi connectivity index (χ1v) is 15.4. The molecule has 0 unspecified atom stereocenters. The van der Waals surface area contributed by atoms with Gasteiger partial charge >= 0.3 is 0 Å². The molecule has 0 aromatic heterocycles. The van der Waals surface area contributed by atoms with Crippen molar-refractivity contribution in [3.8, 4) is 0 Å². The van der Waals surface area contributed by atoms with E-state index in [0.717, 1.165) is 22.6 Å². The summed E-state index contributed by atoms with van der Waals surface area (Å²) in [4.78, 5) is 0. The Morgan fingerprint density at radius 3 is 1.08 bits per heavy atom. The summed E-state index contributed by atoms with van der Waals surface area (Å²) >= 11 is 0. The van der Waals surface area contributed by atoms with Crippen molar-refractivity contribution in [2.75, 3.05) is 0 Å². The Hall–Kier alpha value is -1.79. The zero-order valence-corrected chi connectivity index (χ0v) is 17.7. The maximum Gasteiger partial charge on any atom is 0.173 e. The molecule has 4 heteroatoms. The van der Waals surface area contributed by atoms with Gasteiger partial charge in [0, 0.05) is 11.1 Å². The minimum Gasteiger partial charge on any atom is -0.319 e. The summed E-state index contributed by atoms with van der Waals surface area (Å²) in [5.74, 6) is 0. The lowest BCUT2D eigenvalue weighted by Gasteiger charge is -2.20. The van der Waals surface area contributed by atoms with E-state index in [0.29, 0.717) is 0 Å². The zero-order valence-electron chi connectivity index (χ0n) is 15.7. The van der Waals surface area contributed by atoms with Gasteiger partial charge in [0.05, 0.1) is 11.4 Å². The van der Waals surface area contributed by atoms with Crippen LogP contribution in [0.2, 0.25) is 39.3 Å². The normalized spacial score (nSPS) is 13.9. The Kier molecular flexibility index (Phi) is 5.72. The third-order valence-corrected chi connectivity index (χ3v) is 5.00. The molecule has 0 fully saturated rings. The number of hydrogen-bond acceptors (Lipinski definition) is 2. The van der Waals surface area contributed by atoms with Crippen molar-refractivity contribution in [3.05, 3.63) is 71.8 Å². The molecule has 0 aliphatic heterocycles. The van der Waals surface area contributed by atoms with Crippen LogP contribution < -0.4 is 0 Å². The summed E-state index contributed by atoms with van der Waals surface area (Å²) in [5, 5.41) is 0. The molecule has 0 saturated heterocycles. The van der Waals surface area contributed by atoms with Gasteiger partial charge in [-0.05, 0) is 39.3 Å². The summed E-state index contributed by atoms with van der Waals surface area (Å²) in [6, 6.07) is 21.0. The molecule has 0 atom stereocenters. The van der Waals surface area contributed by atoms with Crippen LogP contribution in [-0.4, -0.2) is 27.9 Å². The molecule has 24 heavy (non-hydrogen) atoms. The van der Waals surface area contributed by atoms with E-state index in [1.807, 2.05) is 12.1 Å². The molecule has 2 rings (SSSR count). The molecule has 126 valence electrons. The predicted octanol–water partition coefficient (Wildman–Crippen LogP) is 5.63. The van der Waals surface area contributed by atoms with Crippen molar-refractivity contribution in [2.45, 2.75) is 39.3 Å². The highest BCUT2D eigenvalue weighted by Crippen LogP contribution is 2.17. The van der Waals surface area contributed by atoms with Gasteiger partial charge in [0.25, 0.3) is 0 Å². The Morgan fingerprint density at radius 1 is 0.542 bits per heavy atom. The van der Waals surface area contributed by atoms with Crippen LogP contribution in [0, 0.1) is 0 Å². The summed E-state index contributed by atoms with van der Waals surface area (Å²) in [6.07, 6.45) is 0. The number of hydrogen-bond donors (Lipinski definition) is 0. The van der Waals surface area contributed by atoms with Crippen molar-refractivity contribution < 1.29 is 0 Å². The third kappa shape index (κ3) is 5.69. The van der Waals surface area contributed by atoms with Gasteiger partial charge in [-0.25, -0.2) is 0 Å². The lowest BCUT2D eigenvalue weighted by molar-refractivity contribution is 1.50. The highest BCUT2D eigenvalue weighted by molar-refractivity contribution is 6.80. The van der Waals surface area contributed by atoms with Crippen molar-refractivity contribution in [1.29, 1.82) is 0 Å². The van der Waals surface area contributed by atoms with Crippen LogP contribution in [0.1, 0.15) is 11.1 Å². The highest BCUT2D eigenvalue weighted by Gasteiger charge is 2.22. The molecule has 2 aromatic carbocycles. The van der Waals surface area contributed by atoms with Gasteiger partial charge in [-0.3, -0.25) is 0 Å². The number of benzene rings is 2. The molecular weight excluding hydrogens is 324 g/mol. The quantitative estimate of drug-likeness (QED) is 0.492. The van der Waals surface area contributed by atoms with Gasteiger partial charge in [-0.15, -0.1) is 0 Å². The standard InChI is InChI=1S/C20H28N2Si2/c1-23(2,3)21-19(17-13-9-7-10-14-17)20(22-24(4,5)6)18-15-11-8-12-16-18/h7-16H,1-6H3/b21-19+,22-20+. The Bertz CT molecular complexity index is 656. The van der Waals surface area contributed by atoms with Crippen LogP contribution in [0.15, 0.2) is 70.0 Å². The molecule has 2 nitrogen and oxygen atoms in total. The fourth-order valence-electron chi connectivity index (χ4n) is 2.37. The van der Waals surface area contributed by atoms with E-state index in [-0.39, 0.29) is 0 Å². The van der Waals surface area contributed by atoms with Crippen LogP contribution >= 0.6 is 0 Å². The lowest BCUT2D eigenvalue weighted by atomic mass is 10.0. The summed E-state index contributed by atoms with van der Waals surface area (Å²) in [5.41, 5.74) is 4.40. The van der Waals surface area contributed by atoms with Crippen molar-refractivity contribution in [3.63, 3.8) is 0 Å². The number of nitrogens with zero attached hydrogens (tertiary/aromatic N) is 2. The predicted molar refractivity (Wildman–Crippen MR) is 113 cm³/mol. The molecular formula is C20H28N2Si2. The fraction of sp³-hybridized carbons (Fsp3) is 0.300. The molecule has 0 aliphatic carbocycles. The molecule has 0 spiro atoms. The average Bonchev–Trinajstić information content (AvgIpc) is 2.50. The van der Waals surface area contributed by atoms with Crippen LogP contribution in [0.5, 0.6) is 0 Å². The van der Waals surface area contributed by atoms with E-state index < -0.39 is 16.5 Å². The molecule has 0 N–H and O–H groups in total. The monoisotopic (exact) mass is 352 g/mol. The second kappa shape index (κ2) is 7.40. The van der Waals surface area contributed by atoms with E-state index in [1.54, 1.807) is 0 Å². The van der Waals surface area contributed by atoms with Gasteiger partial charge < -0.3 is 9.32 Å². The van der Waals surface area contributed by atoms with Crippen LogP contribution in [0.3, 0.4) is 0 Å². The Morgan fingerprint density at radius 2 is 0.833 bits per heavy atom. The third-order valence-electron chi connectivity index (χ3n) is 3.21. The van der Waals surface area contributed by atoms with Crippen LogP contribution in [0.4, 0.5) is 0 Å². The maximum absolute atomic E-state index is 5.19. The summed E-state index contributed by atoms with van der Waals surface area (Å²) in [6.45, 7) is 13.6. The van der Waals surface area contributed by atoms with E-state index in [9.17, 15) is 0 Å². The fourth-order valence-corrected chi connectivity index (χ4v) is 4.18. The van der Waals surface area contributed by atoms with E-state index in [2.05, 4.69) is 87.8 Å². The van der Waals surface area contributed by atoms with Gasteiger partial charge in [-0.2, -0.15) is 0 Å². The summed E-state index contributed by atoms with van der Waals surface area (Å²) < 4.78 is 10.4. The first-order valence-electron chi connectivity index (χ1n) is 8.47. The first-order chi connectivity index (χ1) is 11.2. The molecule has 0 heterocycles. The number of rotatable bonds is 5. The topological polar surface area (TPSA) is 24.7 Å². The lowest BCUT2D eigenvalue weighted by Crippen LogP contribution is -2.29. The zero-order chi connectivity index (χ0) is 17.8. The average molecular weight is 353 g/mol. The van der Waals surface area contributed by atoms with Gasteiger partial charge in [0.2, 0.25) is 0 Å². The Balaban J connectivity index is 2.71. The van der Waals surface area contributed by atoms with Gasteiger partial charge in [-0.1, -0.05) is 60.7 Å². The van der Waals surface area contributed by atoms with E-state index in [4.69, 9.17) is 9.32 Å². The van der Waals surface area contributed by atoms with E-state index >= 15 is 0 Å².